The summed E-state index contributed by atoms with van der Waals surface area (Å²) in [6, 6.07) is 7.46. The van der Waals surface area contributed by atoms with E-state index in [0.717, 1.165) is 0 Å². The number of hydrogen-bond acceptors (Lipinski definition) is 4. The van der Waals surface area contributed by atoms with E-state index in [4.69, 9.17) is 39.5 Å². The van der Waals surface area contributed by atoms with Crippen LogP contribution in [-0.4, -0.2) is 23.3 Å². The summed E-state index contributed by atoms with van der Waals surface area (Å²) in [4.78, 5) is 27.5. The monoisotopic (exact) mass is 343 g/mol. The topological polar surface area (TPSA) is 56.3 Å². The van der Waals surface area contributed by atoms with Crippen LogP contribution in [0.2, 0.25) is 15.2 Å². The first kappa shape index (κ1) is 15.8. The molecule has 0 saturated heterocycles. The molecule has 2 rings (SSSR count). The van der Waals surface area contributed by atoms with Gasteiger partial charge in [-0.1, -0.05) is 34.8 Å². The van der Waals surface area contributed by atoms with Gasteiger partial charge in [0.2, 0.25) is 5.78 Å². The Balaban J connectivity index is 2.06. The number of aromatic nitrogens is 1. The zero-order valence-corrected chi connectivity index (χ0v) is 12.7. The minimum Gasteiger partial charge on any atom is -0.454 e. The van der Waals surface area contributed by atoms with Crippen molar-refractivity contribution >= 4 is 46.6 Å². The van der Waals surface area contributed by atoms with Crippen LogP contribution >= 0.6 is 34.8 Å². The van der Waals surface area contributed by atoms with Crippen LogP contribution in [0.15, 0.2) is 36.5 Å². The molecule has 0 bridgehead atoms. The molecule has 1 heterocycles. The molecule has 0 aliphatic rings. The van der Waals surface area contributed by atoms with E-state index >= 15 is 0 Å². The summed E-state index contributed by atoms with van der Waals surface area (Å²) in [6.07, 6.45) is 1.44. The summed E-state index contributed by atoms with van der Waals surface area (Å²) in [6.45, 7) is -0.468. The smallest absolute Gasteiger partial charge is 0.341 e. The molecule has 0 N–H and O–H groups in total. The Morgan fingerprint density at radius 3 is 2.57 bits per heavy atom. The summed E-state index contributed by atoms with van der Waals surface area (Å²) in [5, 5.41) is 0.611. The summed E-state index contributed by atoms with van der Waals surface area (Å²) in [5.41, 5.74) is 0.276. The van der Waals surface area contributed by atoms with E-state index in [2.05, 4.69) is 4.98 Å². The molecular formula is C14H8Cl3NO3. The maximum Gasteiger partial charge on any atom is 0.341 e. The number of benzene rings is 1. The highest BCUT2D eigenvalue weighted by molar-refractivity contribution is 6.36. The normalized spacial score (nSPS) is 10.2. The highest BCUT2D eigenvalue weighted by Gasteiger charge is 2.16. The van der Waals surface area contributed by atoms with Crippen molar-refractivity contribution in [3.05, 3.63) is 62.9 Å². The molecule has 1 aromatic heterocycles. The number of halogens is 3. The highest BCUT2D eigenvalue weighted by Crippen LogP contribution is 2.21. The van der Waals surface area contributed by atoms with Crippen molar-refractivity contribution in [2.45, 2.75) is 0 Å². The second-order valence-electron chi connectivity index (χ2n) is 3.97. The van der Waals surface area contributed by atoms with E-state index in [9.17, 15) is 9.59 Å². The third-order valence-electron chi connectivity index (χ3n) is 2.54. The van der Waals surface area contributed by atoms with Gasteiger partial charge in [0.1, 0.15) is 5.15 Å². The number of nitrogens with zero attached hydrogens (tertiary/aromatic N) is 1. The minimum absolute atomic E-state index is 0.00994. The first-order chi connectivity index (χ1) is 9.99. The zero-order chi connectivity index (χ0) is 15.4. The van der Waals surface area contributed by atoms with E-state index in [1.54, 1.807) is 6.07 Å². The van der Waals surface area contributed by atoms with Crippen molar-refractivity contribution in [2.24, 2.45) is 0 Å². The summed E-state index contributed by atoms with van der Waals surface area (Å²) >= 11 is 17.5. The van der Waals surface area contributed by atoms with Gasteiger partial charge in [0.05, 0.1) is 10.6 Å². The van der Waals surface area contributed by atoms with Gasteiger partial charge in [0, 0.05) is 16.8 Å². The second kappa shape index (κ2) is 6.89. The molecule has 2 aromatic rings. The van der Waals surface area contributed by atoms with Crippen LogP contribution in [0.1, 0.15) is 20.7 Å². The molecular weight excluding hydrogens is 337 g/mol. The standard InChI is InChI=1S/C14H8Cl3NO3/c15-8-3-4-11(16)10(6-8)12(19)7-21-14(20)9-2-1-5-18-13(9)17/h1-6H,7H2. The van der Waals surface area contributed by atoms with E-state index in [1.807, 2.05) is 0 Å². The lowest BCUT2D eigenvalue weighted by Crippen LogP contribution is -2.15. The highest BCUT2D eigenvalue weighted by atomic mass is 35.5. The Kier molecular flexibility index (Phi) is 5.17. The maximum atomic E-state index is 12.0. The Hall–Kier alpha value is -1.62. The molecule has 0 aliphatic heterocycles. The van der Waals surface area contributed by atoms with Crippen LogP contribution in [0.4, 0.5) is 0 Å². The number of pyridine rings is 1. The van der Waals surface area contributed by atoms with Crippen molar-refractivity contribution in [3.63, 3.8) is 0 Å². The number of ether oxygens (including phenoxy) is 1. The fraction of sp³-hybridized carbons (Fsp3) is 0.0714. The van der Waals surface area contributed by atoms with Gasteiger partial charge >= 0.3 is 5.97 Å². The van der Waals surface area contributed by atoms with E-state index in [-0.39, 0.29) is 21.3 Å². The van der Waals surface area contributed by atoms with Crippen molar-refractivity contribution < 1.29 is 14.3 Å². The number of Topliss-reactive ketones (excluding diaryl/α,β-unsaturated/α-hetero) is 1. The van der Waals surface area contributed by atoms with Crippen LogP contribution in [0, 0.1) is 0 Å². The number of carbonyl (C=O) groups is 2. The fourth-order valence-corrected chi connectivity index (χ4v) is 2.13. The lowest BCUT2D eigenvalue weighted by molar-refractivity contribution is 0.0474. The zero-order valence-electron chi connectivity index (χ0n) is 10.5. The van der Waals surface area contributed by atoms with Crippen molar-refractivity contribution in [3.8, 4) is 0 Å². The third-order valence-corrected chi connectivity index (χ3v) is 3.41. The largest absolute Gasteiger partial charge is 0.454 e. The van der Waals surface area contributed by atoms with E-state index < -0.39 is 18.4 Å². The molecule has 7 heteroatoms. The van der Waals surface area contributed by atoms with Crippen LogP contribution in [0.5, 0.6) is 0 Å². The van der Waals surface area contributed by atoms with Gasteiger partial charge in [-0.15, -0.1) is 0 Å². The first-order valence-corrected chi connectivity index (χ1v) is 6.88. The van der Waals surface area contributed by atoms with Gasteiger partial charge in [-0.05, 0) is 30.3 Å². The molecule has 0 fully saturated rings. The summed E-state index contributed by atoms with van der Waals surface area (Å²) in [5.74, 6) is -1.20. The number of esters is 1. The third kappa shape index (κ3) is 3.94. The number of rotatable bonds is 4. The first-order valence-electron chi connectivity index (χ1n) is 5.75. The van der Waals surface area contributed by atoms with Crippen molar-refractivity contribution in [2.75, 3.05) is 6.61 Å². The lowest BCUT2D eigenvalue weighted by Gasteiger charge is -2.06. The van der Waals surface area contributed by atoms with E-state index in [1.165, 1.54) is 30.5 Å². The molecule has 4 nitrogen and oxygen atoms in total. The summed E-state index contributed by atoms with van der Waals surface area (Å²) < 4.78 is 4.91. The van der Waals surface area contributed by atoms with Gasteiger partial charge in [-0.25, -0.2) is 9.78 Å². The van der Waals surface area contributed by atoms with Crippen molar-refractivity contribution in [1.29, 1.82) is 0 Å². The van der Waals surface area contributed by atoms with E-state index in [0.29, 0.717) is 5.02 Å². The Morgan fingerprint density at radius 2 is 1.86 bits per heavy atom. The maximum absolute atomic E-state index is 12.0. The van der Waals surface area contributed by atoms with Gasteiger partial charge in [0.15, 0.2) is 6.61 Å². The molecule has 0 atom stereocenters. The van der Waals surface area contributed by atoms with Crippen LogP contribution in [0.25, 0.3) is 0 Å². The van der Waals surface area contributed by atoms with Gasteiger partial charge in [-0.3, -0.25) is 4.79 Å². The number of carbonyl (C=O) groups excluding carboxylic acids is 2. The van der Waals surface area contributed by atoms with Gasteiger partial charge in [-0.2, -0.15) is 0 Å². The molecule has 0 spiro atoms. The predicted molar refractivity (Wildman–Crippen MR) is 80.3 cm³/mol. The average molecular weight is 345 g/mol. The van der Waals surface area contributed by atoms with Crippen LogP contribution in [0.3, 0.4) is 0 Å². The minimum atomic E-state index is -0.736. The SMILES string of the molecule is O=C(COC(=O)c1cccnc1Cl)c1cc(Cl)ccc1Cl. The lowest BCUT2D eigenvalue weighted by atomic mass is 10.1. The fourth-order valence-electron chi connectivity index (χ4n) is 1.54. The van der Waals surface area contributed by atoms with Crippen LogP contribution < -0.4 is 0 Å². The second-order valence-corrected chi connectivity index (χ2v) is 5.17. The molecule has 1 aromatic carbocycles. The Morgan fingerprint density at radius 1 is 1.10 bits per heavy atom. The van der Waals surface area contributed by atoms with Crippen molar-refractivity contribution in [1.82, 2.24) is 4.98 Å². The molecule has 108 valence electrons. The number of ketones is 1. The predicted octanol–water partition coefficient (Wildman–Crippen LogP) is 4.08. The molecule has 21 heavy (non-hydrogen) atoms. The molecule has 0 saturated carbocycles. The molecule has 0 amide bonds. The quantitative estimate of drug-likeness (QED) is 0.476. The van der Waals surface area contributed by atoms with Gasteiger partial charge in [0.25, 0.3) is 0 Å². The molecule has 0 aliphatic carbocycles. The Labute approximate surface area is 135 Å². The van der Waals surface area contributed by atoms with Gasteiger partial charge < -0.3 is 4.74 Å². The molecule has 0 unspecified atom stereocenters. The van der Waals surface area contributed by atoms with Crippen LogP contribution in [-0.2, 0) is 4.74 Å². The average Bonchev–Trinajstić information content (AvgIpc) is 2.47. The number of hydrogen-bond donors (Lipinski definition) is 0. The molecule has 0 radical (unpaired) electrons. The Bertz CT molecular complexity index is 704. The summed E-state index contributed by atoms with van der Waals surface area (Å²) in [7, 11) is 0.